The predicted octanol–water partition coefficient (Wildman–Crippen LogP) is 4.20. The van der Waals surface area contributed by atoms with Gasteiger partial charge in [0, 0.05) is 17.2 Å². The molecule has 0 unspecified atom stereocenters. The maximum atomic E-state index is 6.36. The van der Waals surface area contributed by atoms with Crippen LogP contribution in [0.2, 0.25) is 19.6 Å². The molecule has 1 fully saturated rings. The lowest BCUT2D eigenvalue weighted by Crippen LogP contribution is -2.62. The third-order valence-corrected chi connectivity index (χ3v) is 4.54. The highest BCUT2D eigenvalue weighted by molar-refractivity contribution is 6.69. The Kier molecular flexibility index (Phi) is 5.27. The van der Waals surface area contributed by atoms with E-state index in [0.29, 0.717) is 6.10 Å². The fraction of sp³-hybridized carbons (Fsp3) is 1.00. The first-order valence-electron chi connectivity index (χ1n) is 7.59. The van der Waals surface area contributed by atoms with Crippen molar-refractivity contribution in [1.82, 2.24) is 5.06 Å². The fourth-order valence-electron chi connectivity index (χ4n) is 3.29. The Balaban J connectivity index is 2.81. The summed E-state index contributed by atoms with van der Waals surface area (Å²) in [5, 5.41) is 2.22. The largest absolute Gasteiger partial charge is 0.415 e. The van der Waals surface area contributed by atoms with E-state index in [4.69, 9.17) is 9.26 Å². The third-order valence-electron chi connectivity index (χ3n) is 3.50. The average molecular weight is 288 g/mol. The number of hydrogen-bond acceptors (Lipinski definition) is 3. The molecule has 19 heavy (non-hydrogen) atoms. The van der Waals surface area contributed by atoms with Crippen molar-refractivity contribution in [2.24, 2.45) is 0 Å². The molecule has 3 nitrogen and oxygen atoms in total. The van der Waals surface area contributed by atoms with Crippen molar-refractivity contribution in [1.29, 1.82) is 0 Å². The molecule has 0 aromatic carbocycles. The molecule has 1 heterocycles. The van der Waals surface area contributed by atoms with Crippen molar-refractivity contribution < 1.29 is 9.26 Å². The van der Waals surface area contributed by atoms with E-state index >= 15 is 0 Å². The van der Waals surface area contributed by atoms with Crippen LogP contribution in [0.4, 0.5) is 0 Å². The monoisotopic (exact) mass is 287 g/mol. The summed E-state index contributed by atoms with van der Waals surface area (Å²) >= 11 is 0. The number of rotatable bonds is 5. The minimum atomic E-state index is -1.48. The Labute approximate surface area is 120 Å². The Morgan fingerprint density at radius 3 is 1.89 bits per heavy atom. The van der Waals surface area contributed by atoms with Gasteiger partial charge in [-0.15, -0.1) is 0 Å². The lowest BCUT2D eigenvalue weighted by Gasteiger charge is -2.54. The van der Waals surface area contributed by atoms with E-state index in [1.165, 1.54) is 0 Å². The summed E-state index contributed by atoms with van der Waals surface area (Å²) in [6.07, 6.45) is 3.50. The van der Waals surface area contributed by atoms with Crippen molar-refractivity contribution in [3.05, 3.63) is 0 Å². The van der Waals surface area contributed by atoms with E-state index in [1.807, 2.05) is 0 Å². The molecule has 114 valence electrons. The van der Waals surface area contributed by atoms with Gasteiger partial charge in [0.15, 0.2) is 8.32 Å². The average Bonchev–Trinajstić information content (AvgIpc) is 2.10. The molecule has 0 N–H and O–H groups in total. The summed E-state index contributed by atoms with van der Waals surface area (Å²) in [4.78, 5) is 6.03. The van der Waals surface area contributed by atoms with Gasteiger partial charge in [0.25, 0.3) is 0 Å². The first-order chi connectivity index (χ1) is 8.48. The third kappa shape index (κ3) is 4.85. The molecule has 0 amide bonds. The second-order valence-electron chi connectivity index (χ2n) is 8.01. The number of hydrogen-bond donors (Lipinski definition) is 0. The van der Waals surface area contributed by atoms with Crippen LogP contribution < -0.4 is 0 Å². The smallest absolute Gasteiger partial charge is 0.184 e. The highest BCUT2D eigenvalue weighted by Crippen LogP contribution is 2.40. The second kappa shape index (κ2) is 5.84. The lowest BCUT2D eigenvalue weighted by atomic mass is 9.80. The molecule has 0 aromatic rings. The highest BCUT2D eigenvalue weighted by Gasteiger charge is 2.47. The van der Waals surface area contributed by atoms with Crippen LogP contribution in [0.15, 0.2) is 0 Å². The number of nitrogens with zero attached hydrogens (tertiary/aromatic N) is 1. The molecular weight excluding hydrogens is 254 g/mol. The number of piperidine rings is 1. The Morgan fingerprint density at radius 2 is 1.53 bits per heavy atom. The van der Waals surface area contributed by atoms with Crippen LogP contribution in [0.25, 0.3) is 0 Å². The second-order valence-corrected chi connectivity index (χ2v) is 12.5. The van der Waals surface area contributed by atoms with Crippen molar-refractivity contribution in [3.63, 3.8) is 0 Å². The van der Waals surface area contributed by atoms with Gasteiger partial charge >= 0.3 is 0 Å². The molecule has 0 saturated carbocycles. The molecule has 0 atom stereocenters. The van der Waals surface area contributed by atoms with Crippen molar-refractivity contribution in [3.8, 4) is 0 Å². The van der Waals surface area contributed by atoms with Crippen LogP contribution in [0.5, 0.6) is 0 Å². The molecule has 1 aliphatic rings. The summed E-state index contributed by atoms with van der Waals surface area (Å²) in [7, 11) is -1.48. The van der Waals surface area contributed by atoms with Gasteiger partial charge < -0.3 is 4.43 Å². The maximum Gasteiger partial charge on any atom is 0.184 e. The van der Waals surface area contributed by atoms with Gasteiger partial charge in [-0.25, -0.2) is 0 Å². The van der Waals surface area contributed by atoms with Crippen LogP contribution in [-0.4, -0.2) is 37.2 Å². The Bertz CT molecular complexity index is 279. The predicted molar refractivity (Wildman–Crippen MR) is 83.7 cm³/mol. The standard InChI is InChI=1S/C15H33NO2Si/c1-9-10-17-16-14(2,3)11-13(12-15(16,4)5)18-19(6,7)8/h13H,9-12H2,1-8H3. The zero-order chi connectivity index (χ0) is 14.9. The molecule has 1 aliphatic heterocycles. The molecule has 0 radical (unpaired) electrons. The van der Waals surface area contributed by atoms with Crippen LogP contribution in [0, 0.1) is 0 Å². The van der Waals surface area contributed by atoms with Crippen molar-refractivity contribution >= 4 is 8.32 Å². The molecule has 1 rings (SSSR count). The summed E-state index contributed by atoms with van der Waals surface area (Å²) < 4.78 is 6.36. The molecule has 0 aliphatic carbocycles. The maximum absolute atomic E-state index is 6.36. The normalized spacial score (nSPS) is 24.6. The van der Waals surface area contributed by atoms with Gasteiger partial charge in [0.05, 0.1) is 6.61 Å². The van der Waals surface area contributed by atoms with Gasteiger partial charge in [-0.05, 0) is 66.6 Å². The van der Waals surface area contributed by atoms with Crippen LogP contribution in [0.1, 0.15) is 53.9 Å². The quantitative estimate of drug-likeness (QED) is 0.707. The molecule has 0 bridgehead atoms. The van der Waals surface area contributed by atoms with E-state index in [1.54, 1.807) is 0 Å². The summed E-state index contributed by atoms with van der Waals surface area (Å²) in [5.74, 6) is 0. The minimum absolute atomic E-state index is 0.0290. The molecule has 1 saturated heterocycles. The van der Waals surface area contributed by atoms with Crippen LogP contribution >= 0.6 is 0 Å². The first kappa shape index (κ1) is 17.1. The topological polar surface area (TPSA) is 21.7 Å². The molecule has 4 heteroatoms. The van der Waals surface area contributed by atoms with Gasteiger partial charge in [0.2, 0.25) is 0 Å². The van der Waals surface area contributed by atoms with Crippen LogP contribution in [0.3, 0.4) is 0 Å². The van der Waals surface area contributed by atoms with E-state index in [-0.39, 0.29) is 11.1 Å². The SMILES string of the molecule is CCCON1C(C)(C)CC(O[Si](C)(C)C)CC1(C)C. The minimum Gasteiger partial charge on any atom is -0.415 e. The van der Waals surface area contributed by atoms with E-state index < -0.39 is 8.32 Å². The van der Waals surface area contributed by atoms with Crippen molar-refractivity contribution in [2.75, 3.05) is 6.61 Å². The number of hydroxylamine groups is 2. The summed E-state index contributed by atoms with van der Waals surface area (Å²) in [6, 6.07) is 0. The van der Waals surface area contributed by atoms with E-state index in [2.05, 4.69) is 59.3 Å². The zero-order valence-corrected chi connectivity index (χ0v) is 15.2. The van der Waals surface area contributed by atoms with Gasteiger partial charge in [-0.2, -0.15) is 5.06 Å². The molecule has 0 aromatic heterocycles. The van der Waals surface area contributed by atoms with E-state index in [9.17, 15) is 0 Å². The van der Waals surface area contributed by atoms with Crippen LogP contribution in [-0.2, 0) is 9.26 Å². The first-order valence-corrected chi connectivity index (χ1v) is 11.0. The Hall–Kier alpha value is 0.0969. The molecule has 0 spiro atoms. The summed E-state index contributed by atoms with van der Waals surface area (Å²) in [5.41, 5.74) is 0.0580. The zero-order valence-electron chi connectivity index (χ0n) is 14.2. The Morgan fingerprint density at radius 1 is 1.05 bits per heavy atom. The van der Waals surface area contributed by atoms with Gasteiger partial charge in [-0.1, -0.05) is 6.92 Å². The fourth-order valence-corrected chi connectivity index (χ4v) is 4.45. The van der Waals surface area contributed by atoms with Crippen molar-refractivity contribution in [2.45, 2.75) is 90.7 Å². The van der Waals surface area contributed by atoms with E-state index in [0.717, 1.165) is 25.9 Å². The highest BCUT2D eigenvalue weighted by atomic mass is 28.4. The van der Waals surface area contributed by atoms with Gasteiger partial charge in [0.1, 0.15) is 0 Å². The van der Waals surface area contributed by atoms with Gasteiger partial charge in [-0.3, -0.25) is 4.84 Å². The summed E-state index contributed by atoms with van der Waals surface area (Å²) in [6.45, 7) is 18.8. The molecular formula is C15H33NO2Si. The lowest BCUT2D eigenvalue weighted by molar-refractivity contribution is -0.290.